The number of anilines is 2. The number of hydrogen-bond donors (Lipinski definition) is 4. The summed E-state index contributed by atoms with van der Waals surface area (Å²) in [7, 11) is 8.06. The largest absolute Gasteiger partial charge is 0.508 e. The highest BCUT2D eigenvalue weighted by molar-refractivity contribution is 6.09. The van der Waals surface area contributed by atoms with Crippen molar-refractivity contribution in [1.29, 1.82) is 0 Å². The molecule has 0 saturated carbocycles. The van der Waals surface area contributed by atoms with Gasteiger partial charge in [0.2, 0.25) is 0 Å². The molecule has 448 valence electrons. The number of aromatic hydroxyl groups is 4. The van der Waals surface area contributed by atoms with E-state index in [-0.39, 0.29) is 40.3 Å². The summed E-state index contributed by atoms with van der Waals surface area (Å²) < 4.78 is 22.2. The van der Waals surface area contributed by atoms with E-state index in [2.05, 4.69) is 58.0 Å². The van der Waals surface area contributed by atoms with Gasteiger partial charge >= 0.3 is 0 Å². The Labute approximate surface area is 505 Å². The number of Topliss-reactive ketones (excluding diaryl/α,β-unsaturated/α-hetero) is 1. The Hall–Kier alpha value is -9.25. The third-order valence-electron chi connectivity index (χ3n) is 14.1. The van der Waals surface area contributed by atoms with Crippen LogP contribution in [0, 0.1) is 0 Å². The smallest absolute Gasteiger partial charge is 0.193 e. The summed E-state index contributed by atoms with van der Waals surface area (Å²) in [5, 5.41) is 37.3. The van der Waals surface area contributed by atoms with E-state index < -0.39 is 0 Å². The zero-order valence-corrected chi connectivity index (χ0v) is 49.9. The molecule has 2 aliphatic heterocycles. The Morgan fingerprint density at radius 1 is 0.384 bits per heavy atom. The van der Waals surface area contributed by atoms with E-state index in [0.29, 0.717) is 35.5 Å². The van der Waals surface area contributed by atoms with Crippen molar-refractivity contribution in [1.82, 2.24) is 9.80 Å². The van der Waals surface area contributed by atoms with Crippen LogP contribution >= 0.6 is 0 Å². The second-order valence-corrected chi connectivity index (χ2v) is 21.0. The summed E-state index contributed by atoms with van der Waals surface area (Å²) in [6.45, 7) is 13.6. The molecule has 0 amide bonds. The molecule has 10 rings (SSSR count). The summed E-state index contributed by atoms with van der Waals surface area (Å²) in [5.41, 5.74) is 11.0. The number of nitrogens with zero attached hydrogens (tertiary/aromatic N) is 4. The molecule has 0 bridgehead atoms. The van der Waals surface area contributed by atoms with E-state index in [0.717, 1.165) is 99.5 Å². The van der Waals surface area contributed by atoms with E-state index in [4.69, 9.17) is 29.2 Å². The third kappa shape index (κ3) is 20.0. The van der Waals surface area contributed by atoms with Gasteiger partial charge in [0.25, 0.3) is 0 Å². The van der Waals surface area contributed by atoms with Crippen molar-refractivity contribution in [3.8, 4) is 34.5 Å². The Kier molecular flexibility index (Phi) is 24.5. The fraction of sp³-hybridized carbons (Fsp3) is 0.254. The van der Waals surface area contributed by atoms with Gasteiger partial charge in [0.05, 0.1) is 26.4 Å². The molecule has 0 radical (unpaired) electrons. The first-order chi connectivity index (χ1) is 41.5. The summed E-state index contributed by atoms with van der Waals surface area (Å²) in [5.74, 6) is 2.18. The zero-order chi connectivity index (χ0) is 61.4. The predicted octanol–water partition coefficient (Wildman–Crippen LogP) is 11.8. The second-order valence-electron chi connectivity index (χ2n) is 21.0. The normalized spacial score (nSPS) is 13.2. The number of phenols is 4. The minimum Gasteiger partial charge on any atom is -0.508 e. The lowest BCUT2D eigenvalue weighted by Gasteiger charge is -2.29. The van der Waals surface area contributed by atoms with Crippen molar-refractivity contribution >= 4 is 39.9 Å². The number of phenolic OH excluding ortho intramolecular Hbond substituents is 4. The number of rotatable bonds is 18. The highest BCUT2D eigenvalue weighted by Gasteiger charge is 2.16. The van der Waals surface area contributed by atoms with Gasteiger partial charge in [-0.1, -0.05) is 36.4 Å². The SMILES string of the molecule is C/C(=C(/c1ccc(O)cc1)c1ccc(OCCN(C)C)cc1)c1ccc(N2CCOCC2)cc1.CC(=O)c1ccc(N2CCOCC2)cc1.CN(C)CCOc1ccc(C(=O)c2ccc(O)cc2)cc1.O=C(c1ccc(O)cc1)c1ccc(O)cc1. The molecule has 2 heterocycles. The first-order valence-electron chi connectivity index (χ1n) is 28.6. The van der Waals surface area contributed by atoms with Crippen LogP contribution in [0.5, 0.6) is 34.5 Å². The Bertz CT molecular complexity index is 3350. The maximum absolute atomic E-state index is 12.2. The Morgan fingerprint density at radius 2 is 0.651 bits per heavy atom. The maximum atomic E-state index is 12.2. The van der Waals surface area contributed by atoms with Crippen LogP contribution in [-0.4, -0.2) is 155 Å². The van der Waals surface area contributed by atoms with E-state index in [9.17, 15) is 24.6 Å². The number of hydrogen-bond acceptors (Lipinski definition) is 15. The van der Waals surface area contributed by atoms with Crippen molar-refractivity contribution in [3.63, 3.8) is 0 Å². The van der Waals surface area contributed by atoms with Crippen LogP contribution < -0.4 is 19.3 Å². The highest BCUT2D eigenvalue weighted by Crippen LogP contribution is 2.35. The minimum absolute atomic E-state index is 0.0742. The highest BCUT2D eigenvalue weighted by atomic mass is 16.5. The molecule has 0 unspecified atom stereocenters. The van der Waals surface area contributed by atoms with Crippen molar-refractivity contribution in [2.24, 2.45) is 0 Å². The summed E-state index contributed by atoms with van der Waals surface area (Å²) in [6.07, 6.45) is 0. The van der Waals surface area contributed by atoms with Gasteiger partial charge in [-0.25, -0.2) is 0 Å². The summed E-state index contributed by atoms with van der Waals surface area (Å²) >= 11 is 0. The van der Waals surface area contributed by atoms with E-state index >= 15 is 0 Å². The molecule has 0 aliphatic carbocycles. The average Bonchev–Trinajstić information content (AvgIpc) is 3.21. The van der Waals surface area contributed by atoms with Crippen LogP contribution in [0.2, 0.25) is 0 Å². The first-order valence-corrected chi connectivity index (χ1v) is 28.6. The number of likely N-dealkylation sites (N-methyl/N-ethyl adjacent to an activating group) is 2. The zero-order valence-electron chi connectivity index (χ0n) is 49.9. The lowest BCUT2D eigenvalue weighted by Crippen LogP contribution is -2.36. The van der Waals surface area contributed by atoms with E-state index in [1.165, 1.54) is 58.9 Å². The number of morpholine rings is 2. The number of ether oxygens (including phenoxy) is 4. The molecule has 0 spiro atoms. The first kappa shape index (κ1) is 64.3. The van der Waals surface area contributed by atoms with Crippen LogP contribution in [0.15, 0.2) is 194 Å². The third-order valence-corrected chi connectivity index (χ3v) is 14.1. The van der Waals surface area contributed by atoms with Gasteiger partial charge in [0, 0.05) is 78.5 Å². The molecular formula is C71H78N4O11. The molecule has 4 N–H and O–H groups in total. The second kappa shape index (κ2) is 32.7. The fourth-order valence-corrected chi connectivity index (χ4v) is 9.13. The standard InChI is InChI=1S/C29H34N2O3.C17H19NO3.C13H10O3.C12H15NO2/c1-22(23-4-10-26(11-5-23)31-17-19-33-20-18-31)29(24-6-12-27(32)13-7-24)25-8-14-28(15-9-25)34-21-16-30(2)3;1-18(2)11-12-21-16-9-5-14(6-10-16)17(20)13-3-7-15(19)8-4-13;14-11-5-1-9(2-6-11)13(16)10-3-7-12(15)8-4-10;1-10(14)11-2-4-12(5-3-11)13-6-8-15-9-7-13/h4-15,32H,16-21H2,1-3H3;3-10,19H,11-12H2,1-2H3;1-8,14-15H;2-5H,6-9H2,1H3/b29-22+;;;. The van der Waals surface area contributed by atoms with Gasteiger partial charge in [-0.05, 0) is 228 Å². The number of allylic oxidation sites excluding steroid dienone is 1. The van der Waals surface area contributed by atoms with Crippen LogP contribution in [0.3, 0.4) is 0 Å². The van der Waals surface area contributed by atoms with Gasteiger partial charge in [0.15, 0.2) is 17.3 Å². The van der Waals surface area contributed by atoms with E-state index in [1.807, 2.05) is 81.6 Å². The van der Waals surface area contributed by atoms with Gasteiger partial charge in [-0.3, -0.25) is 14.4 Å². The fourth-order valence-electron chi connectivity index (χ4n) is 9.13. The quantitative estimate of drug-likeness (QED) is 0.0470. The van der Waals surface area contributed by atoms with Gasteiger partial charge < -0.3 is 59.0 Å². The van der Waals surface area contributed by atoms with Crippen LogP contribution in [0.25, 0.3) is 11.1 Å². The molecular weight excluding hydrogens is 1080 g/mol. The molecule has 8 aromatic rings. The summed E-state index contributed by atoms with van der Waals surface area (Å²) in [6, 6.07) is 57.7. The van der Waals surface area contributed by atoms with Crippen molar-refractivity contribution in [2.45, 2.75) is 13.8 Å². The van der Waals surface area contributed by atoms with Gasteiger partial charge in [-0.15, -0.1) is 0 Å². The number of carbonyl (C=O) groups is 3. The summed E-state index contributed by atoms with van der Waals surface area (Å²) in [4.78, 5) is 44.0. The van der Waals surface area contributed by atoms with Crippen LogP contribution in [-0.2, 0) is 9.47 Å². The molecule has 2 fully saturated rings. The molecule has 15 nitrogen and oxygen atoms in total. The lowest BCUT2D eigenvalue weighted by molar-refractivity contribution is 0.101. The number of benzene rings is 8. The van der Waals surface area contributed by atoms with Gasteiger partial charge in [0.1, 0.15) is 47.7 Å². The van der Waals surface area contributed by atoms with Crippen molar-refractivity contribution < 1.29 is 53.8 Å². The predicted molar refractivity (Wildman–Crippen MR) is 341 cm³/mol. The van der Waals surface area contributed by atoms with Crippen molar-refractivity contribution in [3.05, 3.63) is 239 Å². The topological polar surface area (TPSA) is 182 Å². The average molecular weight is 1160 g/mol. The number of carbonyl (C=O) groups excluding carboxylic acids is 3. The Morgan fingerprint density at radius 3 is 0.953 bits per heavy atom. The molecule has 15 heteroatoms. The maximum Gasteiger partial charge on any atom is 0.193 e. The molecule has 0 aromatic heterocycles. The Balaban J connectivity index is 0.000000175. The molecule has 8 aromatic carbocycles. The van der Waals surface area contributed by atoms with Crippen molar-refractivity contribution in [2.75, 3.05) is 117 Å². The van der Waals surface area contributed by atoms with Gasteiger partial charge in [-0.2, -0.15) is 0 Å². The van der Waals surface area contributed by atoms with E-state index in [1.54, 1.807) is 79.7 Å². The molecule has 0 atom stereocenters. The lowest BCUT2D eigenvalue weighted by atomic mass is 9.90. The monoisotopic (exact) mass is 1160 g/mol. The van der Waals surface area contributed by atoms with Crippen LogP contribution in [0.4, 0.5) is 11.4 Å². The minimum atomic E-state index is -0.139. The number of ketones is 3. The molecule has 2 aliphatic rings. The molecule has 2 saturated heterocycles. The van der Waals surface area contributed by atoms with Crippen LogP contribution in [0.1, 0.15) is 72.7 Å². The molecule has 86 heavy (non-hydrogen) atoms.